The molecule has 0 radical (unpaired) electrons. The number of carbonyl (C=O) groups excluding carboxylic acids is 1. The van der Waals surface area contributed by atoms with Gasteiger partial charge in [0.2, 0.25) is 0 Å². The van der Waals surface area contributed by atoms with Gasteiger partial charge in [-0.3, -0.25) is 4.79 Å². The first-order valence-electron chi connectivity index (χ1n) is 5.89. The summed E-state index contributed by atoms with van der Waals surface area (Å²) in [6.07, 6.45) is 0. The van der Waals surface area contributed by atoms with Crippen molar-refractivity contribution in [1.29, 1.82) is 0 Å². The van der Waals surface area contributed by atoms with E-state index in [1.165, 1.54) is 12.1 Å². The maximum Gasteiger partial charge on any atom is 0.254 e. The molecule has 19 heavy (non-hydrogen) atoms. The summed E-state index contributed by atoms with van der Waals surface area (Å²) >= 11 is 5.89. The van der Waals surface area contributed by atoms with E-state index in [-0.39, 0.29) is 11.6 Å². The molecular weight excluding hydrogens is 265 g/mol. The molecule has 4 heteroatoms. The SMILES string of the molecule is CC(NC(=O)c1ccccc1F)c1cccc(Cl)c1. The zero-order chi connectivity index (χ0) is 13.8. The topological polar surface area (TPSA) is 29.1 Å². The lowest BCUT2D eigenvalue weighted by Crippen LogP contribution is -2.27. The molecule has 0 saturated carbocycles. The van der Waals surface area contributed by atoms with E-state index in [1.54, 1.807) is 24.3 Å². The number of carbonyl (C=O) groups is 1. The van der Waals surface area contributed by atoms with Gasteiger partial charge < -0.3 is 5.32 Å². The summed E-state index contributed by atoms with van der Waals surface area (Å²) in [4.78, 5) is 12.0. The smallest absolute Gasteiger partial charge is 0.254 e. The lowest BCUT2D eigenvalue weighted by Gasteiger charge is -2.14. The molecule has 0 saturated heterocycles. The van der Waals surface area contributed by atoms with Crippen LogP contribution in [0.4, 0.5) is 4.39 Å². The third kappa shape index (κ3) is 3.32. The van der Waals surface area contributed by atoms with Gasteiger partial charge >= 0.3 is 0 Å². The molecule has 1 unspecified atom stereocenters. The van der Waals surface area contributed by atoms with Gasteiger partial charge in [-0.25, -0.2) is 4.39 Å². The molecule has 0 aromatic heterocycles. The van der Waals surface area contributed by atoms with Gasteiger partial charge in [-0.15, -0.1) is 0 Å². The number of rotatable bonds is 3. The van der Waals surface area contributed by atoms with E-state index in [1.807, 2.05) is 19.1 Å². The number of benzene rings is 2. The minimum absolute atomic E-state index is 0.0383. The maximum absolute atomic E-state index is 13.5. The third-order valence-corrected chi connectivity index (χ3v) is 3.05. The van der Waals surface area contributed by atoms with Gasteiger partial charge in [0, 0.05) is 5.02 Å². The van der Waals surface area contributed by atoms with Crippen molar-refractivity contribution >= 4 is 17.5 Å². The molecule has 0 bridgehead atoms. The first-order valence-corrected chi connectivity index (χ1v) is 6.26. The van der Waals surface area contributed by atoms with Crippen LogP contribution in [0.2, 0.25) is 5.02 Å². The first kappa shape index (κ1) is 13.6. The Kier molecular flexibility index (Phi) is 4.17. The van der Waals surface area contributed by atoms with Crippen LogP contribution in [0.5, 0.6) is 0 Å². The van der Waals surface area contributed by atoms with Gasteiger partial charge in [0.1, 0.15) is 5.82 Å². The highest BCUT2D eigenvalue weighted by molar-refractivity contribution is 6.30. The highest BCUT2D eigenvalue weighted by Crippen LogP contribution is 2.18. The molecule has 2 nitrogen and oxygen atoms in total. The number of hydrogen-bond donors (Lipinski definition) is 1. The molecule has 0 aliphatic rings. The Morgan fingerprint density at radius 1 is 1.21 bits per heavy atom. The normalized spacial score (nSPS) is 11.9. The molecule has 0 spiro atoms. The van der Waals surface area contributed by atoms with Crippen molar-refractivity contribution < 1.29 is 9.18 Å². The van der Waals surface area contributed by atoms with Crippen LogP contribution in [0.3, 0.4) is 0 Å². The van der Waals surface area contributed by atoms with Gasteiger partial charge in [0.15, 0.2) is 0 Å². The number of halogens is 2. The van der Waals surface area contributed by atoms with Gasteiger partial charge in [0.05, 0.1) is 11.6 Å². The summed E-state index contributed by atoms with van der Waals surface area (Å²) in [6, 6.07) is 12.8. The van der Waals surface area contributed by atoms with Crippen molar-refractivity contribution in [2.45, 2.75) is 13.0 Å². The summed E-state index contributed by atoms with van der Waals surface area (Å²) < 4.78 is 13.5. The van der Waals surface area contributed by atoms with E-state index in [0.29, 0.717) is 5.02 Å². The highest BCUT2D eigenvalue weighted by atomic mass is 35.5. The molecule has 98 valence electrons. The fourth-order valence-corrected chi connectivity index (χ4v) is 1.98. The third-order valence-electron chi connectivity index (χ3n) is 2.81. The monoisotopic (exact) mass is 277 g/mol. The summed E-state index contributed by atoms with van der Waals surface area (Å²) in [5, 5.41) is 3.34. The van der Waals surface area contributed by atoms with E-state index in [4.69, 9.17) is 11.6 Å². The lowest BCUT2D eigenvalue weighted by atomic mass is 10.1. The van der Waals surface area contributed by atoms with E-state index in [9.17, 15) is 9.18 Å². The number of amides is 1. The van der Waals surface area contributed by atoms with E-state index >= 15 is 0 Å². The van der Waals surface area contributed by atoms with Crippen LogP contribution in [-0.4, -0.2) is 5.91 Å². The fourth-order valence-electron chi connectivity index (χ4n) is 1.78. The maximum atomic E-state index is 13.5. The molecule has 2 rings (SSSR count). The van der Waals surface area contributed by atoms with Gasteiger partial charge in [-0.05, 0) is 36.8 Å². The first-order chi connectivity index (χ1) is 9.08. The van der Waals surface area contributed by atoms with Crippen LogP contribution < -0.4 is 5.32 Å². The average Bonchev–Trinajstić information content (AvgIpc) is 2.39. The largest absolute Gasteiger partial charge is 0.345 e. The molecular formula is C15H13ClFNO. The van der Waals surface area contributed by atoms with E-state index < -0.39 is 11.7 Å². The van der Waals surface area contributed by atoms with Crippen LogP contribution in [0.1, 0.15) is 28.9 Å². The molecule has 2 aromatic rings. The van der Waals surface area contributed by atoms with Crippen molar-refractivity contribution in [3.8, 4) is 0 Å². The van der Waals surface area contributed by atoms with Crippen molar-refractivity contribution in [3.05, 3.63) is 70.5 Å². The van der Waals surface area contributed by atoms with Crippen LogP contribution in [0, 0.1) is 5.82 Å². The van der Waals surface area contributed by atoms with Gasteiger partial charge in [-0.1, -0.05) is 35.9 Å². The highest BCUT2D eigenvalue weighted by Gasteiger charge is 2.14. The quantitative estimate of drug-likeness (QED) is 0.904. The minimum atomic E-state index is -0.529. The molecule has 1 N–H and O–H groups in total. The molecule has 0 aliphatic carbocycles. The standard InChI is InChI=1S/C15H13ClFNO/c1-10(11-5-4-6-12(16)9-11)18-15(19)13-7-2-3-8-14(13)17/h2-10H,1H3,(H,18,19). The zero-order valence-electron chi connectivity index (χ0n) is 10.4. The van der Waals surface area contributed by atoms with E-state index in [2.05, 4.69) is 5.32 Å². The lowest BCUT2D eigenvalue weighted by molar-refractivity contribution is 0.0936. The summed E-state index contributed by atoms with van der Waals surface area (Å²) in [5.41, 5.74) is 0.911. The predicted molar refractivity (Wildman–Crippen MR) is 73.7 cm³/mol. The molecule has 1 atom stereocenters. The Bertz CT molecular complexity index is 600. The Balaban J connectivity index is 2.13. The van der Waals surface area contributed by atoms with Crippen molar-refractivity contribution in [1.82, 2.24) is 5.32 Å². The number of hydrogen-bond acceptors (Lipinski definition) is 1. The Morgan fingerprint density at radius 2 is 1.95 bits per heavy atom. The van der Waals surface area contributed by atoms with Gasteiger partial charge in [0.25, 0.3) is 5.91 Å². The van der Waals surface area contributed by atoms with Crippen LogP contribution in [0.25, 0.3) is 0 Å². The summed E-state index contributed by atoms with van der Waals surface area (Å²) in [6.45, 7) is 1.82. The Hall–Kier alpha value is -1.87. The average molecular weight is 278 g/mol. The Morgan fingerprint density at radius 3 is 2.63 bits per heavy atom. The number of nitrogens with one attached hydrogen (secondary N) is 1. The predicted octanol–water partition coefficient (Wildman–Crippen LogP) is 3.97. The van der Waals surface area contributed by atoms with E-state index in [0.717, 1.165) is 5.56 Å². The summed E-state index contributed by atoms with van der Waals surface area (Å²) in [7, 11) is 0. The van der Waals surface area contributed by atoms with Crippen LogP contribution in [0.15, 0.2) is 48.5 Å². The zero-order valence-corrected chi connectivity index (χ0v) is 11.1. The molecule has 1 amide bonds. The van der Waals surface area contributed by atoms with Crippen molar-refractivity contribution in [3.63, 3.8) is 0 Å². The second-order valence-corrected chi connectivity index (χ2v) is 4.67. The Labute approximate surface area is 116 Å². The summed E-state index contributed by atoms with van der Waals surface area (Å²) in [5.74, 6) is -0.969. The molecule has 0 aliphatic heterocycles. The molecule has 0 fully saturated rings. The van der Waals surface area contributed by atoms with Crippen molar-refractivity contribution in [2.24, 2.45) is 0 Å². The van der Waals surface area contributed by atoms with Crippen molar-refractivity contribution in [2.75, 3.05) is 0 Å². The molecule has 2 aromatic carbocycles. The minimum Gasteiger partial charge on any atom is -0.345 e. The second kappa shape index (κ2) is 5.85. The van der Waals surface area contributed by atoms with Crippen LogP contribution in [-0.2, 0) is 0 Å². The van der Waals surface area contributed by atoms with Gasteiger partial charge in [-0.2, -0.15) is 0 Å². The second-order valence-electron chi connectivity index (χ2n) is 4.23. The fraction of sp³-hybridized carbons (Fsp3) is 0.133. The van der Waals surface area contributed by atoms with Crippen LogP contribution >= 0.6 is 11.6 Å². The molecule has 0 heterocycles.